The first-order valence-corrected chi connectivity index (χ1v) is 8.06. The maximum atomic E-state index is 6.29. The van der Waals surface area contributed by atoms with Gasteiger partial charge in [-0.25, -0.2) is 0 Å². The molecule has 1 fully saturated rings. The van der Waals surface area contributed by atoms with Crippen LogP contribution >= 0.6 is 0 Å². The van der Waals surface area contributed by atoms with Crippen LogP contribution in [0.15, 0.2) is 35.9 Å². The van der Waals surface area contributed by atoms with Gasteiger partial charge in [-0.05, 0) is 42.4 Å². The molecule has 114 valence electrons. The van der Waals surface area contributed by atoms with Crippen LogP contribution in [0.1, 0.15) is 32.4 Å². The molecule has 0 saturated carbocycles. The summed E-state index contributed by atoms with van der Waals surface area (Å²) in [5, 5.41) is 0. The monoisotopic (exact) mass is 285 g/mol. The van der Waals surface area contributed by atoms with Gasteiger partial charge < -0.3 is 9.64 Å². The van der Waals surface area contributed by atoms with Crippen molar-refractivity contribution in [3.8, 4) is 0 Å². The van der Waals surface area contributed by atoms with E-state index < -0.39 is 0 Å². The van der Waals surface area contributed by atoms with E-state index in [-0.39, 0.29) is 6.10 Å². The third-order valence-corrected chi connectivity index (χ3v) is 5.50. The molecule has 2 aliphatic rings. The van der Waals surface area contributed by atoms with E-state index in [2.05, 4.69) is 70.1 Å². The molecule has 1 heterocycles. The van der Waals surface area contributed by atoms with Crippen LogP contribution in [0.3, 0.4) is 0 Å². The van der Waals surface area contributed by atoms with Gasteiger partial charge in [0.25, 0.3) is 0 Å². The van der Waals surface area contributed by atoms with Gasteiger partial charge in [-0.1, -0.05) is 37.6 Å². The van der Waals surface area contributed by atoms with Crippen molar-refractivity contribution >= 4 is 5.69 Å². The maximum Gasteiger partial charge on any atom is 0.0892 e. The fraction of sp³-hybridized carbons (Fsp3) is 0.579. The average molecular weight is 285 g/mol. The van der Waals surface area contributed by atoms with Crippen molar-refractivity contribution in [3.63, 3.8) is 0 Å². The predicted molar refractivity (Wildman–Crippen MR) is 88.5 cm³/mol. The highest BCUT2D eigenvalue weighted by Crippen LogP contribution is 2.49. The minimum atomic E-state index is 0.219. The van der Waals surface area contributed by atoms with Gasteiger partial charge in [0.2, 0.25) is 0 Å². The van der Waals surface area contributed by atoms with Crippen molar-refractivity contribution in [2.75, 3.05) is 25.6 Å². The second-order valence-corrected chi connectivity index (χ2v) is 7.06. The van der Waals surface area contributed by atoms with Gasteiger partial charge in [-0.2, -0.15) is 0 Å². The van der Waals surface area contributed by atoms with E-state index >= 15 is 0 Å². The van der Waals surface area contributed by atoms with Crippen molar-refractivity contribution in [1.82, 2.24) is 0 Å². The summed E-state index contributed by atoms with van der Waals surface area (Å²) >= 11 is 0. The van der Waals surface area contributed by atoms with Crippen LogP contribution in [-0.4, -0.2) is 20.7 Å². The van der Waals surface area contributed by atoms with E-state index in [1.807, 2.05) is 0 Å². The van der Waals surface area contributed by atoms with Crippen molar-refractivity contribution in [3.05, 3.63) is 41.5 Å². The van der Waals surface area contributed by atoms with Crippen LogP contribution in [0.2, 0.25) is 0 Å². The zero-order valence-corrected chi connectivity index (χ0v) is 13.8. The predicted octanol–water partition coefficient (Wildman–Crippen LogP) is 4.29. The number of nitrogens with zero attached hydrogens (tertiary/aromatic N) is 1. The van der Waals surface area contributed by atoms with Gasteiger partial charge in [-0.3, -0.25) is 0 Å². The van der Waals surface area contributed by atoms with Crippen LogP contribution in [0.5, 0.6) is 0 Å². The Bertz CT molecular complexity index is 531. The highest BCUT2D eigenvalue weighted by Gasteiger charge is 2.43. The fourth-order valence-corrected chi connectivity index (χ4v) is 4.21. The van der Waals surface area contributed by atoms with Crippen LogP contribution in [0.25, 0.3) is 0 Å². The Morgan fingerprint density at radius 1 is 1.10 bits per heavy atom. The number of hydrogen-bond donors (Lipinski definition) is 0. The molecule has 2 bridgehead atoms. The Balaban J connectivity index is 1.90. The summed E-state index contributed by atoms with van der Waals surface area (Å²) in [6.45, 7) is 7.91. The lowest BCUT2D eigenvalue weighted by Crippen LogP contribution is -2.42. The first-order valence-electron chi connectivity index (χ1n) is 8.06. The summed E-state index contributed by atoms with van der Waals surface area (Å²) in [4.78, 5) is 2.14. The number of ether oxygens (including phenoxy) is 1. The lowest BCUT2D eigenvalue weighted by molar-refractivity contribution is -0.0934. The molecule has 0 spiro atoms. The normalized spacial score (nSPS) is 35.3. The van der Waals surface area contributed by atoms with Crippen molar-refractivity contribution < 1.29 is 4.74 Å². The van der Waals surface area contributed by atoms with E-state index in [9.17, 15) is 0 Å². The molecule has 1 aromatic carbocycles. The SMILES string of the molecule is CC1=C[C@@H](C)[C@H]2CO[C@H](c3ccc(N(C)C)cc3)[C@@H]1[C@H]2C. The topological polar surface area (TPSA) is 12.5 Å². The summed E-state index contributed by atoms with van der Waals surface area (Å²) in [7, 11) is 4.16. The molecule has 1 aliphatic heterocycles. The van der Waals surface area contributed by atoms with E-state index in [0.29, 0.717) is 23.7 Å². The van der Waals surface area contributed by atoms with Gasteiger partial charge in [0.15, 0.2) is 0 Å². The van der Waals surface area contributed by atoms with Gasteiger partial charge in [0.05, 0.1) is 12.7 Å². The van der Waals surface area contributed by atoms with E-state index in [0.717, 1.165) is 6.61 Å². The summed E-state index contributed by atoms with van der Waals surface area (Å²) in [5.74, 6) is 2.56. The molecule has 0 amide bonds. The van der Waals surface area contributed by atoms with Crippen molar-refractivity contribution in [2.45, 2.75) is 26.9 Å². The molecule has 1 aliphatic carbocycles. The first kappa shape index (κ1) is 14.6. The third-order valence-electron chi connectivity index (χ3n) is 5.50. The second-order valence-electron chi connectivity index (χ2n) is 7.06. The zero-order chi connectivity index (χ0) is 15.1. The molecule has 1 aromatic rings. The number of anilines is 1. The van der Waals surface area contributed by atoms with E-state index in [1.54, 1.807) is 0 Å². The Hall–Kier alpha value is -1.28. The Kier molecular flexibility index (Phi) is 3.83. The molecule has 21 heavy (non-hydrogen) atoms. The smallest absolute Gasteiger partial charge is 0.0892 e. The number of fused-ring (bicyclic) bond motifs is 2. The summed E-state index contributed by atoms with van der Waals surface area (Å²) < 4.78 is 6.29. The standard InChI is InChI=1S/C19H27NO/c1-12-10-13(2)18-14(3)17(12)11-21-19(18)15-6-8-16(9-7-15)20(4)5/h6-10,12,14,17-19H,11H2,1-5H3/t12-,14+,17-,18+,19-/m1/s1. The molecule has 0 aromatic heterocycles. The third kappa shape index (κ3) is 2.50. The molecular formula is C19H27NO. The van der Waals surface area contributed by atoms with Gasteiger partial charge >= 0.3 is 0 Å². The van der Waals surface area contributed by atoms with Gasteiger partial charge in [0.1, 0.15) is 0 Å². The Labute approximate surface area is 128 Å². The minimum absolute atomic E-state index is 0.219. The first-order chi connectivity index (χ1) is 9.99. The highest BCUT2D eigenvalue weighted by atomic mass is 16.5. The van der Waals surface area contributed by atoms with Gasteiger partial charge in [-0.15, -0.1) is 0 Å². The number of rotatable bonds is 2. The second kappa shape index (κ2) is 5.49. The van der Waals surface area contributed by atoms with E-state index in [4.69, 9.17) is 4.74 Å². The average Bonchev–Trinajstić information content (AvgIpc) is 2.44. The van der Waals surface area contributed by atoms with E-state index in [1.165, 1.54) is 16.8 Å². The molecule has 2 heteroatoms. The van der Waals surface area contributed by atoms with Crippen molar-refractivity contribution in [2.24, 2.45) is 23.7 Å². The number of allylic oxidation sites excluding steroid dienone is 1. The summed E-state index contributed by atoms with van der Waals surface area (Å²) in [5.41, 5.74) is 4.07. The number of hydrogen-bond acceptors (Lipinski definition) is 2. The molecule has 1 saturated heterocycles. The van der Waals surface area contributed by atoms with Crippen LogP contribution in [0.4, 0.5) is 5.69 Å². The summed E-state index contributed by atoms with van der Waals surface area (Å²) in [6.07, 6.45) is 2.69. The quantitative estimate of drug-likeness (QED) is 0.752. The zero-order valence-electron chi connectivity index (χ0n) is 13.8. The molecule has 3 rings (SSSR count). The molecule has 5 atom stereocenters. The lowest BCUT2D eigenvalue weighted by Gasteiger charge is -2.47. The minimum Gasteiger partial charge on any atom is -0.378 e. The lowest BCUT2D eigenvalue weighted by atomic mass is 9.64. The molecule has 0 unspecified atom stereocenters. The maximum absolute atomic E-state index is 6.29. The highest BCUT2D eigenvalue weighted by molar-refractivity contribution is 5.46. The largest absolute Gasteiger partial charge is 0.378 e. The molecule has 0 N–H and O–H groups in total. The van der Waals surface area contributed by atoms with Crippen molar-refractivity contribution in [1.29, 1.82) is 0 Å². The fourth-order valence-electron chi connectivity index (χ4n) is 4.21. The van der Waals surface area contributed by atoms with Crippen LogP contribution < -0.4 is 4.90 Å². The van der Waals surface area contributed by atoms with Crippen LogP contribution in [0, 0.1) is 23.7 Å². The summed E-state index contributed by atoms with van der Waals surface area (Å²) in [6, 6.07) is 8.86. The van der Waals surface area contributed by atoms with Crippen LogP contribution in [-0.2, 0) is 4.74 Å². The molecule has 0 radical (unpaired) electrons. The molecular weight excluding hydrogens is 258 g/mol. The molecule has 2 nitrogen and oxygen atoms in total. The number of benzene rings is 1. The van der Waals surface area contributed by atoms with Gasteiger partial charge in [0, 0.05) is 25.7 Å². The Morgan fingerprint density at radius 2 is 1.76 bits per heavy atom. The Morgan fingerprint density at radius 3 is 2.38 bits per heavy atom.